The molecule has 2 heterocycles. The predicted molar refractivity (Wildman–Crippen MR) is 105 cm³/mol. The Morgan fingerprint density at radius 2 is 1.87 bits per heavy atom. The Labute approximate surface area is 170 Å². The van der Waals surface area contributed by atoms with Gasteiger partial charge in [-0.1, -0.05) is 0 Å². The molecule has 30 heavy (non-hydrogen) atoms. The first-order valence-corrected chi connectivity index (χ1v) is 9.40. The van der Waals surface area contributed by atoms with Gasteiger partial charge in [-0.05, 0) is 19.1 Å². The van der Waals surface area contributed by atoms with E-state index in [0.29, 0.717) is 48.7 Å². The van der Waals surface area contributed by atoms with Gasteiger partial charge in [0.2, 0.25) is 0 Å². The fourth-order valence-corrected chi connectivity index (χ4v) is 3.37. The zero-order valence-corrected chi connectivity index (χ0v) is 16.1. The van der Waals surface area contributed by atoms with Crippen LogP contribution in [-0.4, -0.2) is 47.3 Å². The summed E-state index contributed by atoms with van der Waals surface area (Å²) in [6, 6.07) is 5.76. The number of nitrogens with zero attached hydrogens (tertiary/aromatic N) is 3. The van der Waals surface area contributed by atoms with Crippen LogP contribution in [0.3, 0.4) is 0 Å². The van der Waals surface area contributed by atoms with Crippen LogP contribution in [-0.2, 0) is 4.74 Å². The van der Waals surface area contributed by atoms with Gasteiger partial charge in [0, 0.05) is 36.9 Å². The Hall–Kier alpha value is -3.33. The van der Waals surface area contributed by atoms with Crippen LogP contribution in [0.15, 0.2) is 36.5 Å². The fourth-order valence-electron chi connectivity index (χ4n) is 3.37. The standard InChI is InChI=1S/C21H19F2N3O4/c1-12(30-16-9-14(22)8-15(23)10-16)17-6-13(21(27)28)7-18-20(17)25-19(11-24-18)26-2-4-29-5-3-26/h6-12H,2-5H2,1H3,(H,27,28). The molecular weight excluding hydrogens is 396 g/mol. The number of carboxylic acid groups (broad SMARTS) is 1. The van der Waals surface area contributed by atoms with Crippen molar-refractivity contribution >= 4 is 22.8 Å². The maximum Gasteiger partial charge on any atom is 0.335 e. The highest BCUT2D eigenvalue weighted by Crippen LogP contribution is 2.30. The quantitative estimate of drug-likeness (QED) is 0.682. The average molecular weight is 415 g/mol. The molecule has 2 aromatic carbocycles. The van der Waals surface area contributed by atoms with Crippen LogP contribution in [0, 0.1) is 11.6 Å². The van der Waals surface area contributed by atoms with Gasteiger partial charge in [-0.3, -0.25) is 4.98 Å². The van der Waals surface area contributed by atoms with E-state index < -0.39 is 23.7 Å². The normalized spacial score (nSPS) is 15.2. The van der Waals surface area contributed by atoms with E-state index in [2.05, 4.69) is 9.97 Å². The molecule has 1 atom stereocenters. The number of carbonyl (C=O) groups is 1. The lowest BCUT2D eigenvalue weighted by molar-refractivity contribution is 0.0696. The van der Waals surface area contributed by atoms with Crippen molar-refractivity contribution in [2.75, 3.05) is 31.2 Å². The summed E-state index contributed by atoms with van der Waals surface area (Å²) in [4.78, 5) is 22.7. The molecule has 1 N–H and O–H groups in total. The van der Waals surface area contributed by atoms with E-state index in [9.17, 15) is 18.7 Å². The molecule has 1 unspecified atom stereocenters. The van der Waals surface area contributed by atoms with Crippen molar-refractivity contribution in [2.45, 2.75) is 13.0 Å². The number of fused-ring (bicyclic) bond motifs is 1. The van der Waals surface area contributed by atoms with Crippen LogP contribution in [0.25, 0.3) is 11.0 Å². The van der Waals surface area contributed by atoms with Gasteiger partial charge in [0.15, 0.2) is 0 Å². The number of halogens is 2. The highest BCUT2D eigenvalue weighted by atomic mass is 19.1. The van der Waals surface area contributed by atoms with Gasteiger partial charge >= 0.3 is 5.97 Å². The minimum Gasteiger partial charge on any atom is -0.486 e. The number of anilines is 1. The number of aromatic nitrogens is 2. The minimum absolute atomic E-state index is 0.00817. The minimum atomic E-state index is -1.12. The van der Waals surface area contributed by atoms with Gasteiger partial charge in [-0.2, -0.15) is 0 Å². The van der Waals surface area contributed by atoms with Crippen LogP contribution in [0.4, 0.5) is 14.6 Å². The zero-order valence-electron chi connectivity index (χ0n) is 16.1. The third-order valence-corrected chi connectivity index (χ3v) is 4.83. The maximum atomic E-state index is 13.5. The Kier molecular flexibility index (Phi) is 5.45. The Balaban J connectivity index is 1.77. The number of carboxylic acids is 1. The van der Waals surface area contributed by atoms with Crippen molar-refractivity contribution in [3.8, 4) is 5.75 Å². The maximum absolute atomic E-state index is 13.5. The Morgan fingerprint density at radius 1 is 1.17 bits per heavy atom. The molecule has 0 bridgehead atoms. The summed E-state index contributed by atoms with van der Waals surface area (Å²) in [7, 11) is 0. The summed E-state index contributed by atoms with van der Waals surface area (Å²) in [5.74, 6) is -2.03. The van der Waals surface area contributed by atoms with Crippen molar-refractivity contribution in [3.05, 3.63) is 59.3 Å². The molecule has 0 saturated carbocycles. The van der Waals surface area contributed by atoms with E-state index in [4.69, 9.17) is 9.47 Å². The average Bonchev–Trinajstić information content (AvgIpc) is 2.72. The number of morpholine rings is 1. The number of hydrogen-bond donors (Lipinski definition) is 1. The third kappa shape index (κ3) is 4.16. The SMILES string of the molecule is CC(Oc1cc(F)cc(F)c1)c1cc(C(=O)O)cc2ncc(N3CCOCC3)nc12. The summed E-state index contributed by atoms with van der Waals surface area (Å²) in [5.41, 5.74) is 1.33. The topological polar surface area (TPSA) is 84.8 Å². The molecule has 0 aliphatic carbocycles. The van der Waals surface area contributed by atoms with Crippen LogP contribution >= 0.6 is 0 Å². The molecule has 4 rings (SSSR count). The monoisotopic (exact) mass is 415 g/mol. The number of hydrogen-bond acceptors (Lipinski definition) is 6. The van der Waals surface area contributed by atoms with Gasteiger partial charge in [-0.15, -0.1) is 0 Å². The van der Waals surface area contributed by atoms with Crippen LogP contribution in [0.2, 0.25) is 0 Å². The zero-order chi connectivity index (χ0) is 21.3. The van der Waals surface area contributed by atoms with E-state index in [-0.39, 0.29) is 11.3 Å². The molecule has 1 saturated heterocycles. The van der Waals surface area contributed by atoms with E-state index in [1.807, 2.05) is 4.90 Å². The molecule has 1 aliphatic rings. The smallest absolute Gasteiger partial charge is 0.335 e. The second-order valence-corrected chi connectivity index (χ2v) is 6.93. The first kappa shape index (κ1) is 20.0. The van der Waals surface area contributed by atoms with E-state index in [1.54, 1.807) is 13.1 Å². The van der Waals surface area contributed by atoms with Crippen molar-refractivity contribution in [1.29, 1.82) is 0 Å². The second-order valence-electron chi connectivity index (χ2n) is 6.93. The molecule has 0 spiro atoms. The van der Waals surface area contributed by atoms with Crippen molar-refractivity contribution < 1.29 is 28.2 Å². The van der Waals surface area contributed by atoms with Crippen LogP contribution in [0.5, 0.6) is 5.75 Å². The third-order valence-electron chi connectivity index (χ3n) is 4.83. The van der Waals surface area contributed by atoms with Gasteiger partial charge < -0.3 is 19.5 Å². The van der Waals surface area contributed by atoms with Gasteiger partial charge in [0.25, 0.3) is 0 Å². The summed E-state index contributed by atoms with van der Waals surface area (Å²) < 4.78 is 38.1. The highest BCUT2D eigenvalue weighted by molar-refractivity contribution is 5.94. The molecule has 0 radical (unpaired) electrons. The Bertz CT molecular complexity index is 1080. The largest absolute Gasteiger partial charge is 0.486 e. The first-order chi connectivity index (χ1) is 14.4. The van der Waals surface area contributed by atoms with Crippen molar-refractivity contribution in [3.63, 3.8) is 0 Å². The molecule has 0 amide bonds. The highest BCUT2D eigenvalue weighted by Gasteiger charge is 2.20. The van der Waals surface area contributed by atoms with E-state index in [0.717, 1.165) is 18.2 Å². The van der Waals surface area contributed by atoms with Gasteiger partial charge in [0.05, 0.1) is 36.0 Å². The van der Waals surface area contributed by atoms with Crippen LogP contribution in [0.1, 0.15) is 28.9 Å². The van der Waals surface area contributed by atoms with Crippen LogP contribution < -0.4 is 9.64 Å². The number of rotatable bonds is 5. The summed E-state index contributed by atoms with van der Waals surface area (Å²) in [5, 5.41) is 9.46. The summed E-state index contributed by atoms with van der Waals surface area (Å²) in [6.45, 7) is 4.14. The fraction of sp³-hybridized carbons (Fsp3) is 0.286. The van der Waals surface area contributed by atoms with Crippen molar-refractivity contribution in [1.82, 2.24) is 9.97 Å². The van der Waals surface area contributed by atoms with Gasteiger partial charge in [0.1, 0.15) is 29.3 Å². The van der Waals surface area contributed by atoms with E-state index >= 15 is 0 Å². The van der Waals surface area contributed by atoms with Gasteiger partial charge in [-0.25, -0.2) is 18.6 Å². The molecule has 1 fully saturated rings. The number of benzene rings is 2. The molecule has 7 nitrogen and oxygen atoms in total. The second kappa shape index (κ2) is 8.19. The van der Waals surface area contributed by atoms with Crippen molar-refractivity contribution in [2.24, 2.45) is 0 Å². The number of aromatic carboxylic acids is 1. The molecule has 9 heteroatoms. The lowest BCUT2D eigenvalue weighted by Gasteiger charge is -2.28. The molecule has 156 valence electrons. The van der Waals surface area contributed by atoms with E-state index in [1.165, 1.54) is 12.1 Å². The Morgan fingerprint density at radius 3 is 2.53 bits per heavy atom. The number of ether oxygens (including phenoxy) is 2. The molecule has 1 aromatic heterocycles. The summed E-state index contributed by atoms with van der Waals surface area (Å²) >= 11 is 0. The molecular formula is C21H19F2N3O4. The lowest BCUT2D eigenvalue weighted by Crippen LogP contribution is -2.36. The summed E-state index contributed by atoms with van der Waals surface area (Å²) in [6.07, 6.45) is 0.860. The molecule has 3 aromatic rings. The predicted octanol–water partition coefficient (Wildman–Crippen LogP) is 3.58. The molecule has 1 aliphatic heterocycles. The lowest BCUT2D eigenvalue weighted by atomic mass is 10.0. The first-order valence-electron chi connectivity index (χ1n) is 9.40.